The number of anilines is 1. The lowest BCUT2D eigenvalue weighted by Crippen LogP contribution is -2.04. The molecule has 2 rings (SSSR count). The molecule has 3 heteroatoms. The highest BCUT2D eigenvalue weighted by molar-refractivity contribution is 6.00. The Morgan fingerprint density at radius 2 is 2.33 bits per heavy atom. The molecule has 0 saturated heterocycles. The van der Waals surface area contributed by atoms with Crippen LogP contribution < -0.4 is 5.32 Å². The maximum absolute atomic E-state index is 11.2. The second kappa shape index (κ2) is 4.16. The molecule has 0 spiro atoms. The zero-order valence-electron chi connectivity index (χ0n) is 8.21. The number of hydrogen-bond donors (Lipinski definition) is 2. The molecule has 0 unspecified atom stereocenters. The SMILES string of the molecule is O=C1Cc2cccc(C#CCCO)c2N1. The second-order valence-electron chi connectivity index (χ2n) is 3.34. The summed E-state index contributed by atoms with van der Waals surface area (Å²) < 4.78 is 0. The first-order chi connectivity index (χ1) is 7.31. The van der Waals surface area contributed by atoms with Gasteiger partial charge < -0.3 is 10.4 Å². The molecule has 0 aromatic heterocycles. The number of aliphatic hydroxyl groups is 1. The second-order valence-corrected chi connectivity index (χ2v) is 3.34. The number of carbonyl (C=O) groups excluding carboxylic acids is 1. The number of aliphatic hydroxyl groups excluding tert-OH is 1. The Kier molecular flexibility index (Phi) is 2.70. The van der Waals surface area contributed by atoms with Gasteiger partial charge >= 0.3 is 0 Å². The molecular weight excluding hydrogens is 190 g/mol. The first kappa shape index (κ1) is 9.75. The normalized spacial score (nSPS) is 12.7. The van der Waals surface area contributed by atoms with Gasteiger partial charge in [0.25, 0.3) is 0 Å². The zero-order chi connectivity index (χ0) is 10.7. The van der Waals surface area contributed by atoms with Crippen molar-refractivity contribution < 1.29 is 9.90 Å². The third-order valence-corrected chi connectivity index (χ3v) is 2.23. The highest BCUT2D eigenvalue weighted by atomic mass is 16.2. The standard InChI is InChI=1S/C12H11NO2/c14-7-2-1-4-9-5-3-6-10-8-11(15)13-12(9)10/h3,5-6,14H,2,7-8H2,(H,13,15). The van der Waals surface area contributed by atoms with E-state index >= 15 is 0 Å². The van der Waals surface area contributed by atoms with Crippen LogP contribution in [0.3, 0.4) is 0 Å². The Bertz CT molecular complexity index is 454. The smallest absolute Gasteiger partial charge is 0.228 e. The van der Waals surface area contributed by atoms with Crippen molar-refractivity contribution in [3.05, 3.63) is 29.3 Å². The number of benzene rings is 1. The summed E-state index contributed by atoms with van der Waals surface area (Å²) >= 11 is 0. The third kappa shape index (κ3) is 2.00. The molecule has 0 atom stereocenters. The number of rotatable bonds is 1. The van der Waals surface area contributed by atoms with Crippen molar-refractivity contribution in [2.24, 2.45) is 0 Å². The number of hydrogen-bond acceptors (Lipinski definition) is 2. The summed E-state index contributed by atoms with van der Waals surface area (Å²) in [5.74, 6) is 5.80. The van der Waals surface area contributed by atoms with E-state index in [2.05, 4.69) is 17.2 Å². The molecule has 0 radical (unpaired) electrons. The largest absolute Gasteiger partial charge is 0.395 e. The van der Waals surface area contributed by atoms with E-state index in [1.807, 2.05) is 18.2 Å². The molecule has 1 aromatic carbocycles. The van der Waals surface area contributed by atoms with Crippen LogP contribution in [0, 0.1) is 11.8 Å². The molecule has 0 fully saturated rings. The lowest BCUT2D eigenvalue weighted by molar-refractivity contribution is -0.115. The quantitative estimate of drug-likeness (QED) is 0.664. The number of carbonyl (C=O) groups is 1. The minimum Gasteiger partial charge on any atom is -0.395 e. The number of amides is 1. The van der Waals surface area contributed by atoms with Crippen molar-refractivity contribution in [3.8, 4) is 11.8 Å². The molecule has 0 bridgehead atoms. The molecule has 0 aliphatic carbocycles. The molecule has 1 heterocycles. The number of para-hydroxylation sites is 1. The van der Waals surface area contributed by atoms with Crippen LogP contribution in [-0.4, -0.2) is 17.6 Å². The summed E-state index contributed by atoms with van der Waals surface area (Å²) in [6.07, 6.45) is 0.891. The van der Waals surface area contributed by atoms with Crippen molar-refractivity contribution in [2.75, 3.05) is 11.9 Å². The van der Waals surface area contributed by atoms with Crippen LogP contribution in [0.2, 0.25) is 0 Å². The fourth-order valence-electron chi connectivity index (χ4n) is 1.57. The van der Waals surface area contributed by atoms with E-state index in [0.29, 0.717) is 12.8 Å². The van der Waals surface area contributed by atoms with Crippen molar-refractivity contribution >= 4 is 11.6 Å². The molecule has 15 heavy (non-hydrogen) atoms. The third-order valence-electron chi connectivity index (χ3n) is 2.23. The molecule has 3 nitrogen and oxygen atoms in total. The molecule has 1 aromatic rings. The van der Waals surface area contributed by atoms with E-state index in [9.17, 15) is 4.79 Å². The summed E-state index contributed by atoms with van der Waals surface area (Å²) in [6, 6.07) is 5.68. The van der Waals surface area contributed by atoms with Gasteiger partial charge in [-0.3, -0.25) is 4.79 Å². The van der Waals surface area contributed by atoms with Crippen LogP contribution in [0.25, 0.3) is 0 Å². The van der Waals surface area contributed by atoms with Gasteiger partial charge in [-0.25, -0.2) is 0 Å². The number of fused-ring (bicyclic) bond motifs is 1. The van der Waals surface area contributed by atoms with Crippen LogP contribution in [-0.2, 0) is 11.2 Å². The van der Waals surface area contributed by atoms with Gasteiger partial charge in [-0.15, -0.1) is 0 Å². The van der Waals surface area contributed by atoms with Gasteiger partial charge in [0.15, 0.2) is 0 Å². The minimum atomic E-state index is 0.0152. The fraction of sp³-hybridized carbons (Fsp3) is 0.250. The van der Waals surface area contributed by atoms with Gasteiger partial charge in [-0.1, -0.05) is 24.0 Å². The Morgan fingerprint density at radius 1 is 1.47 bits per heavy atom. The molecule has 2 N–H and O–H groups in total. The van der Waals surface area contributed by atoms with Crippen molar-refractivity contribution in [1.82, 2.24) is 0 Å². The topological polar surface area (TPSA) is 49.3 Å². The Balaban J connectivity index is 2.32. The molecular formula is C12H11NO2. The van der Waals surface area contributed by atoms with Crippen LogP contribution in [0.5, 0.6) is 0 Å². The van der Waals surface area contributed by atoms with E-state index in [1.54, 1.807) is 0 Å². The van der Waals surface area contributed by atoms with E-state index in [0.717, 1.165) is 16.8 Å². The predicted octanol–water partition coefficient (Wildman–Crippen LogP) is 0.915. The molecule has 1 aliphatic rings. The molecule has 76 valence electrons. The van der Waals surface area contributed by atoms with E-state index < -0.39 is 0 Å². The van der Waals surface area contributed by atoms with Gasteiger partial charge in [0.2, 0.25) is 5.91 Å². The van der Waals surface area contributed by atoms with Crippen LogP contribution in [0.4, 0.5) is 5.69 Å². The minimum absolute atomic E-state index is 0.0152. The maximum atomic E-state index is 11.2. The van der Waals surface area contributed by atoms with Gasteiger partial charge in [-0.2, -0.15) is 0 Å². The Morgan fingerprint density at radius 3 is 3.13 bits per heavy atom. The maximum Gasteiger partial charge on any atom is 0.228 e. The first-order valence-corrected chi connectivity index (χ1v) is 4.83. The summed E-state index contributed by atoms with van der Waals surface area (Å²) in [6.45, 7) is 0.0639. The molecule has 1 aliphatic heterocycles. The van der Waals surface area contributed by atoms with Gasteiger partial charge in [0.05, 0.1) is 18.7 Å². The summed E-state index contributed by atoms with van der Waals surface area (Å²) in [5, 5.41) is 11.4. The highest BCUT2D eigenvalue weighted by Gasteiger charge is 2.19. The van der Waals surface area contributed by atoms with Gasteiger partial charge in [-0.05, 0) is 11.6 Å². The lowest BCUT2D eigenvalue weighted by Gasteiger charge is -2.00. The molecule has 0 saturated carbocycles. The van der Waals surface area contributed by atoms with Crippen molar-refractivity contribution in [1.29, 1.82) is 0 Å². The monoisotopic (exact) mass is 201 g/mol. The van der Waals surface area contributed by atoms with Crippen LogP contribution in [0.15, 0.2) is 18.2 Å². The van der Waals surface area contributed by atoms with Gasteiger partial charge in [0.1, 0.15) is 0 Å². The zero-order valence-corrected chi connectivity index (χ0v) is 8.21. The fourth-order valence-corrected chi connectivity index (χ4v) is 1.57. The summed E-state index contributed by atoms with van der Waals surface area (Å²) in [5.41, 5.74) is 2.65. The molecule has 1 amide bonds. The van der Waals surface area contributed by atoms with E-state index in [1.165, 1.54) is 0 Å². The van der Waals surface area contributed by atoms with Crippen LogP contribution in [0.1, 0.15) is 17.5 Å². The number of nitrogens with one attached hydrogen (secondary N) is 1. The summed E-state index contributed by atoms with van der Waals surface area (Å²) in [7, 11) is 0. The van der Waals surface area contributed by atoms with Crippen molar-refractivity contribution in [3.63, 3.8) is 0 Å². The predicted molar refractivity (Wildman–Crippen MR) is 57.4 cm³/mol. The summed E-state index contributed by atoms with van der Waals surface area (Å²) in [4.78, 5) is 11.2. The van der Waals surface area contributed by atoms with Crippen LogP contribution >= 0.6 is 0 Å². The first-order valence-electron chi connectivity index (χ1n) is 4.83. The average molecular weight is 201 g/mol. The highest BCUT2D eigenvalue weighted by Crippen LogP contribution is 2.26. The lowest BCUT2D eigenvalue weighted by atomic mass is 10.1. The average Bonchev–Trinajstić information content (AvgIpc) is 2.59. The van der Waals surface area contributed by atoms with E-state index in [-0.39, 0.29) is 12.5 Å². The van der Waals surface area contributed by atoms with Gasteiger partial charge in [0, 0.05) is 12.0 Å². The van der Waals surface area contributed by atoms with E-state index in [4.69, 9.17) is 5.11 Å². The Labute approximate surface area is 88.1 Å². The Hall–Kier alpha value is -1.79. The van der Waals surface area contributed by atoms with Crippen molar-refractivity contribution in [2.45, 2.75) is 12.8 Å².